The maximum Gasteiger partial charge on any atom is 0.231 e. The third-order valence-corrected chi connectivity index (χ3v) is 6.63. The first-order valence-electron chi connectivity index (χ1n) is 7.78. The van der Waals surface area contributed by atoms with E-state index in [1.54, 1.807) is 23.5 Å². The van der Waals surface area contributed by atoms with Crippen LogP contribution in [0.2, 0.25) is 0 Å². The van der Waals surface area contributed by atoms with Gasteiger partial charge in [-0.2, -0.15) is 0 Å². The number of thiophene rings is 2. The SMILES string of the molecule is O=C(NCC(O)(c1ccco1)c1cccs1)C1(c2cccs2)CC1. The minimum Gasteiger partial charge on any atom is -0.466 e. The minimum atomic E-state index is -1.35. The highest BCUT2D eigenvalue weighted by Gasteiger charge is 2.52. The molecule has 124 valence electrons. The number of hydrogen-bond acceptors (Lipinski definition) is 5. The van der Waals surface area contributed by atoms with Gasteiger partial charge in [-0.05, 0) is 47.9 Å². The average molecular weight is 359 g/mol. The Labute approximate surface area is 147 Å². The number of furan rings is 1. The number of carbonyl (C=O) groups excluding carboxylic acids is 1. The van der Waals surface area contributed by atoms with Crippen LogP contribution in [-0.2, 0) is 15.8 Å². The summed E-state index contributed by atoms with van der Waals surface area (Å²) >= 11 is 3.05. The van der Waals surface area contributed by atoms with Crippen molar-refractivity contribution in [3.05, 3.63) is 68.9 Å². The molecule has 1 saturated carbocycles. The van der Waals surface area contributed by atoms with Crippen molar-refractivity contribution >= 4 is 28.6 Å². The molecule has 3 aromatic heterocycles. The van der Waals surface area contributed by atoms with Crippen LogP contribution in [0.25, 0.3) is 0 Å². The maximum absolute atomic E-state index is 12.8. The molecule has 0 aromatic carbocycles. The molecule has 0 bridgehead atoms. The molecule has 3 heterocycles. The van der Waals surface area contributed by atoms with Crippen molar-refractivity contribution in [1.29, 1.82) is 0 Å². The highest BCUT2D eigenvalue weighted by atomic mass is 32.1. The highest BCUT2D eigenvalue weighted by Crippen LogP contribution is 2.50. The Morgan fingerprint density at radius 3 is 2.58 bits per heavy atom. The van der Waals surface area contributed by atoms with E-state index < -0.39 is 11.0 Å². The molecule has 1 fully saturated rings. The molecule has 0 radical (unpaired) electrons. The van der Waals surface area contributed by atoms with E-state index in [0.29, 0.717) is 5.76 Å². The van der Waals surface area contributed by atoms with Gasteiger partial charge in [-0.25, -0.2) is 0 Å². The van der Waals surface area contributed by atoms with E-state index in [-0.39, 0.29) is 12.5 Å². The smallest absolute Gasteiger partial charge is 0.231 e. The number of aliphatic hydroxyl groups is 1. The van der Waals surface area contributed by atoms with Crippen LogP contribution >= 0.6 is 22.7 Å². The standard InChI is InChI=1S/C18H17NO3S2/c20-16(17(7-8-17)14-5-2-10-23-14)19-12-18(21,13-4-1-9-22-13)15-6-3-11-24-15/h1-6,9-11,21H,7-8,12H2,(H,19,20). The molecule has 1 aliphatic rings. The zero-order valence-corrected chi connectivity index (χ0v) is 14.5. The van der Waals surface area contributed by atoms with Gasteiger partial charge >= 0.3 is 0 Å². The van der Waals surface area contributed by atoms with Crippen molar-refractivity contribution < 1.29 is 14.3 Å². The van der Waals surface area contributed by atoms with Crippen molar-refractivity contribution in [2.45, 2.75) is 23.9 Å². The summed E-state index contributed by atoms with van der Waals surface area (Å²) in [7, 11) is 0. The molecule has 1 atom stereocenters. The van der Waals surface area contributed by atoms with Gasteiger partial charge in [0.05, 0.1) is 18.2 Å². The summed E-state index contributed by atoms with van der Waals surface area (Å²) in [4.78, 5) is 14.6. The molecule has 6 heteroatoms. The average Bonchev–Trinajstić information content (AvgIpc) is 3.14. The van der Waals surface area contributed by atoms with Crippen molar-refractivity contribution in [2.75, 3.05) is 6.54 Å². The minimum absolute atomic E-state index is 0.0218. The van der Waals surface area contributed by atoms with Crippen molar-refractivity contribution in [3.63, 3.8) is 0 Å². The molecule has 4 nitrogen and oxygen atoms in total. The van der Waals surface area contributed by atoms with Crippen LogP contribution in [0.3, 0.4) is 0 Å². The van der Waals surface area contributed by atoms with Crippen molar-refractivity contribution in [3.8, 4) is 0 Å². The van der Waals surface area contributed by atoms with Gasteiger partial charge in [-0.1, -0.05) is 12.1 Å². The Balaban J connectivity index is 1.56. The predicted molar refractivity (Wildman–Crippen MR) is 94.3 cm³/mol. The van der Waals surface area contributed by atoms with E-state index >= 15 is 0 Å². The Hall–Kier alpha value is -1.89. The van der Waals surface area contributed by atoms with Crippen LogP contribution in [-0.4, -0.2) is 17.6 Å². The number of nitrogens with one attached hydrogen (secondary N) is 1. The molecule has 0 spiro atoms. The largest absolute Gasteiger partial charge is 0.466 e. The summed E-state index contributed by atoms with van der Waals surface area (Å²) < 4.78 is 5.44. The second kappa shape index (κ2) is 5.88. The molecular formula is C18H17NO3S2. The van der Waals surface area contributed by atoms with E-state index in [0.717, 1.165) is 22.6 Å². The maximum atomic E-state index is 12.8. The number of amides is 1. The molecule has 2 N–H and O–H groups in total. The fraction of sp³-hybridized carbons (Fsp3) is 0.278. The normalized spacial score (nSPS) is 18.0. The Bertz CT molecular complexity index is 768. The van der Waals surface area contributed by atoms with Crippen molar-refractivity contribution in [2.24, 2.45) is 0 Å². The third kappa shape index (κ3) is 2.51. The zero-order chi connectivity index (χ0) is 16.6. The molecule has 4 rings (SSSR count). The van der Waals surface area contributed by atoms with E-state index in [1.165, 1.54) is 17.6 Å². The first kappa shape index (κ1) is 15.6. The van der Waals surface area contributed by atoms with Crippen molar-refractivity contribution in [1.82, 2.24) is 5.32 Å². The van der Waals surface area contributed by atoms with Gasteiger partial charge in [0, 0.05) is 9.75 Å². The topological polar surface area (TPSA) is 62.5 Å². The Morgan fingerprint density at radius 1 is 1.21 bits per heavy atom. The predicted octanol–water partition coefficient (Wildman–Crippen LogP) is 3.49. The van der Waals surface area contributed by atoms with Gasteiger partial charge in [0.15, 0.2) is 5.60 Å². The fourth-order valence-electron chi connectivity index (χ4n) is 2.96. The lowest BCUT2D eigenvalue weighted by Gasteiger charge is -2.26. The summed E-state index contributed by atoms with van der Waals surface area (Å²) in [6.45, 7) is 0.0903. The first-order valence-corrected chi connectivity index (χ1v) is 9.54. The van der Waals surface area contributed by atoms with Crippen LogP contribution in [0.4, 0.5) is 0 Å². The summed E-state index contributed by atoms with van der Waals surface area (Å²) in [6, 6.07) is 11.2. The van der Waals surface area contributed by atoms with E-state index in [1.807, 2.05) is 35.0 Å². The summed E-state index contributed by atoms with van der Waals surface area (Å²) in [5, 5.41) is 18.1. The summed E-state index contributed by atoms with van der Waals surface area (Å²) in [6.07, 6.45) is 3.25. The highest BCUT2D eigenvalue weighted by molar-refractivity contribution is 7.10. The van der Waals surface area contributed by atoms with Crippen LogP contribution in [0, 0.1) is 0 Å². The molecule has 24 heavy (non-hydrogen) atoms. The fourth-order valence-corrected chi connectivity index (χ4v) is 4.77. The molecule has 1 aliphatic carbocycles. The lowest BCUT2D eigenvalue weighted by molar-refractivity contribution is -0.124. The van der Waals surface area contributed by atoms with Crippen LogP contribution in [0.15, 0.2) is 57.8 Å². The van der Waals surface area contributed by atoms with E-state index in [9.17, 15) is 9.90 Å². The lowest BCUT2D eigenvalue weighted by atomic mass is 9.97. The number of rotatable bonds is 6. The molecule has 0 aliphatic heterocycles. The van der Waals surface area contributed by atoms with Gasteiger partial charge in [0.25, 0.3) is 0 Å². The van der Waals surface area contributed by atoms with Crippen LogP contribution < -0.4 is 5.32 Å². The molecule has 1 unspecified atom stereocenters. The van der Waals surface area contributed by atoms with E-state index in [2.05, 4.69) is 5.32 Å². The lowest BCUT2D eigenvalue weighted by Crippen LogP contribution is -2.44. The van der Waals surface area contributed by atoms with E-state index in [4.69, 9.17) is 4.42 Å². The first-order chi connectivity index (χ1) is 11.7. The molecule has 3 aromatic rings. The van der Waals surface area contributed by atoms with Crippen LogP contribution in [0.5, 0.6) is 0 Å². The quantitative estimate of drug-likeness (QED) is 0.708. The summed E-state index contributed by atoms with van der Waals surface area (Å²) in [5.41, 5.74) is -1.76. The number of carbonyl (C=O) groups is 1. The Kier molecular flexibility index (Phi) is 3.83. The van der Waals surface area contributed by atoms with Gasteiger partial charge in [-0.3, -0.25) is 4.79 Å². The van der Waals surface area contributed by atoms with Gasteiger partial charge in [-0.15, -0.1) is 22.7 Å². The number of hydrogen-bond donors (Lipinski definition) is 2. The van der Waals surface area contributed by atoms with Gasteiger partial charge < -0.3 is 14.8 Å². The molecule has 0 saturated heterocycles. The van der Waals surface area contributed by atoms with Gasteiger partial charge in [0.1, 0.15) is 5.76 Å². The summed E-state index contributed by atoms with van der Waals surface area (Å²) in [5.74, 6) is 0.415. The second-order valence-electron chi connectivity index (χ2n) is 6.06. The third-order valence-electron chi connectivity index (χ3n) is 4.54. The van der Waals surface area contributed by atoms with Gasteiger partial charge in [0.2, 0.25) is 5.91 Å². The second-order valence-corrected chi connectivity index (χ2v) is 7.95. The monoisotopic (exact) mass is 359 g/mol. The van der Waals surface area contributed by atoms with Crippen LogP contribution in [0.1, 0.15) is 28.4 Å². The zero-order valence-electron chi connectivity index (χ0n) is 12.9. The molecular weight excluding hydrogens is 342 g/mol. The molecule has 1 amide bonds. The Morgan fingerprint density at radius 2 is 2.00 bits per heavy atom.